The molecule has 2 nitrogen and oxygen atoms in total. The highest BCUT2D eigenvalue weighted by atomic mass is 16.5. The molecule has 0 N–H and O–H groups in total. The number of ether oxygens (including phenoxy) is 1. The average molecular weight is 314 g/mol. The van der Waals surface area contributed by atoms with Crippen LogP contribution in [0.2, 0.25) is 0 Å². The molecule has 2 heteroatoms. The number of carbonyl (C=O) groups excluding carboxylic acids is 1. The molecule has 126 valence electrons. The van der Waals surface area contributed by atoms with Gasteiger partial charge in [0.05, 0.1) is 0 Å². The van der Waals surface area contributed by atoms with Crippen molar-refractivity contribution < 1.29 is 9.53 Å². The van der Waals surface area contributed by atoms with Gasteiger partial charge in [-0.05, 0) is 49.7 Å². The van der Waals surface area contributed by atoms with Crippen LogP contribution in [-0.2, 0) is 4.79 Å². The average Bonchev–Trinajstić information content (AvgIpc) is 2.59. The topological polar surface area (TPSA) is 26.3 Å². The molecular weight excluding hydrogens is 284 g/mol. The summed E-state index contributed by atoms with van der Waals surface area (Å²) in [6, 6.07) is 9.33. The predicted molar refractivity (Wildman–Crippen MR) is 95.4 cm³/mol. The fourth-order valence-electron chi connectivity index (χ4n) is 3.30. The van der Waals surface area contributed by atoms with Gasteiger partial charge in [0.1, 0.15) is 5.75 Å². The van der Waals surface area contributed by atoms with Gasteiger partial charge in [-0.1, -0.05) is 63.0 Å². The highest BCUT2D eigenvalue weighted by Crippen LogP contribution is 2.32. The van der Waals surface area contributed by atoms with Crippen molar-refractivity contribution >= 4 is 5.97 Å². The molecular formula is C21H30O2. The summed E-state index contributed by atoms with van der Waals surface area (Å²) in [4.78, 5) is 11.9. The lowest BCUT2D eigenvalue weighted by molar-refractivity contribution is -0.134. The van der Waals surface area contributed by atoms with Crippen LogP contribution in [0.5, 0.6) is 5.75 Å². The summed E-state index contributed by atoms with van der Waals surface area (Å²) in [5, 5.41) is 0. The number of hydrogen-bond acceptors (Lipinski definition) is 2. The highest BCUT2D eigenvalue weighted by Gasteiger charge is 2.18. The van der Waals surface area contributed by atoms with E-state index in [1.807, 2.05) is 30.3 Å². The molecule has 0 spiro atoms. The molecule has 0 heterocycles. The Kier molecular flexibility index (Phi) is 7.38. The molecule has 0 saturated heterocycles. The Balaban J connectivity index is 1.71. The fourth-order valence-corrected chi connectivity index (χ4v) is 3.30. The third kappa shape index (κ3) is 6.21. The number of hydrogen-bond donors (Lipinski definition) is 0. The molecule has 0 saturated carbocycles. The summed E-state index contributed by atoms with van der Waals surface area (Å²) in [6.45, 7) is 4.51. The first kappa shape index (κ1) is 17.8. The fraction of sp³-hybridized carbons (Fsp3) is 0.571. The highest BCUT2D eigenvalue weighted by molar-refractivity contribution is 5.72. The van der Waals surface area contributed by atoms with Crippen LogP contribution in [0.3, 0.4) is 0 Å². The van der Waals surface area contributed by atoms with Crippen molar-refractivity contribution in [3.63, 3.8) is 0 Å². The number of para-hydroxylation sites is 1. The predicted octanol–water partition coefficient (Wildman–Crippen LogP) is 5.93. The van der Waals surface area contributed by atoms with Crippen molar-refractivity contribution in [3.05, 3.63) is 42.0 Å². The van der Waals surface area contributed by atoms with Crippen LogP contribution in [0, 0.1) is 11.8 Å². The number of rotatable bonds is 8. The largest absolute Gasteiger partial charge is 0.427 e. The van der Waals surface area contributed by atoms with Crippen LogP contribution in [-0.4, -0.2) is 5.97 Å². The van der Waals surface area contributed by atoms with Crippen LogP contribution in [0.15, 0.2) is 42.0 Å². The van der Waals surface area contributed by atoms with E-state index < -0.39 is 0 Å². The van der Waals surface area contributed by atoms with Gasteiger partial charge in [0, 0.05) is 6.42 Å². The molecule has 2 rings (SSSR count). The Morgan fingerprint density at radius 1 is 1.30 bits per heavy atom. The first-order valence-electron chi connectivity index (χ1n) is 9.13. The second kappa shape index (κ2) is 9.54. The van der Waals surface area contributed by atoms with Crippen LogP contribution in [0.1, 0.15) is 65.2 Å². The van der Waals surface area contributed by atoms with Gasteiger partial charge in [0.2, 0.25) is 0 Å². The molecule has 2 atom stereocenters. The van der Waals surface area contributed by atoms with Crippen molar-refractivity contribution in [1.82, 2.24) is 0 Å². The van der Waals surface area contributed by atoms with E-state index in [1.165, 1.54) is 38.5 Å². The van der Waals surface area contributed by atoms with Gasteiger partial charge >= 0.3 is 5.97 Å². The summed E-state index contributed by atoms with van der Waals surface area (Å²) in [5.74, 6) is 1.89. The van der Waals surface area contributed by atoms with E-state index in [1.54, 1.807) is 5.57 Å². The lowest BCUT2D eigenvalue weighted by Gasteiger charge is -2.25. The van der Waals surface area contributed by atoms with Gasteiger partial charge in [0.25, 0.3) is 0 Å². The quantitative estimate of drug-likeness (QED) is 0.338. The zero-order valence-corrected chi connectivity index (χ0v) is 14.6. The number of benzene rings is 1. The number of unbranched alkanes of at least 4 members (excludes halogenated alkanes) is 1. The molecule has 0 aliphatic heterocycles. The van der Waals surface area contributed by atoms with E-state index >= 15 is 0 Å². The minimum absolute atomic E-state index is 0.125. The number of esters is 1. The smallest absolute Gasteiger partial charge is 0.311 e. The van der Waals surface area contributed by atoms with Crippen LogP contribution in [0.4, 0.5) is 0 Å². The Morgan fingerprint density at radius 3 is 2.74 bits per heavy atom. The molecule has 1 aromatic rings. The Labute approximate surface area is 140 Å². The minimum atomic E-state index is -0.125. The van der Waals surface area contributed by atoms with Gasteiger partial charge in [-0.3, -0.25) is 4.79 Å². The summed E-state index contributed by atoms with van der Waals surface area (Å²) < 4.78 is 5.36. The van der Waals surface area contributed by atoms with E-state index in [-0.39, 0.29) is 5.97 Å². The summed E-state index contributed by atoms with van der Waals surface area (Å²) in [6.07, 6.45) is 11.6. The van der Waals surface area contributed by atoms with Gasteiger partial charge in [-0.15, -0.1) is 0 Å². The van der Waals surface area contributed by atoms with Crippen LogP contribution >= 0.6 is 0 Å². The maximum atomic E-state index is 11.9. The second-order valence-corrected chi connectivity index (χ2v) is 6.79. The molecule has 2 unspecified atom stereocenters. The van der Waals surface area contributed by atoms with E-state index in [2.05, 4.69) is 19.9 Å². The SMILES string of the molecule is CCCCC1CC=C(C(C)CCC(=O)Oc2ccccc2)CC1. The number of allylic oxidation sites excluding steroid dienone is 2. The summed E-state index contributed by atoms with van der Waals surface area (Å²) in [5.41, 5.74) is 1.55. The Morgan fingerprint density at radius 2 is 2.09 bits per heavy atom. The van der Waals surface area contributed by atoms with Crippen molar-refractivity contribution in [2.24, 2.45) is 11.8 Å². The van der Waals surface area contributed by atoms with Crippen molar-refractivity contribution in [3.8, 4) is 5.75 Å². The molecule has 0 fully saturated rings. The maximum absolute atomic E-state index is 11.9. The molecule has 0 radical (unpaired) electrons. The summed E-state index contributed by atoms with van der Waals surface area (Å²) >= 11 is 0. The molecule has 0 aromatic heterocycles. The summed E-state index contributed by atoms with van der Waals surface area (Å²) in [7, 11) is 0. The first-order chi connectivity index (χ1) is 11.2. The normalized spacial score (nSPS) is 19.0. The molecule has 0 bridgehead atoms. The van der Waals surface area contributed by atoms with Gasteiger partial charge in [-0.2, -0.15) is 0 Å². The minimum Gasteiger partial charge on any atom is -0.427 e. The van der Waals surface area contributed by atoms with Gasteiger partial charge < -0.3 is 4.74 Å². The molecule has 0 amide bonds. The zero-order valence-electron chi connectivity index (χ0n) is 14.6. The molecule has 23 heavy (non-hydrogen) atoms. The second-order valence-electron chi connectivity index (χ2n) is 6.79. The zero-order chi connectivity index (χ0) is 16.5. The Bertz CT molecular complexity index is 504. The van der Waals surface area contributed by atoms with Gasteiger partial charge in [-0.25, -0.2) is 0 Å². The standard InChI is InChI=1S/C21H30O2/c1-3-4-8-18-12-14-19(15-13-18)17(2)11-16-21(22)23-20-9-6-5-7-10-20/h5-7,9-10,14,17-18H,3-4,8,11-13,15-16H2,1-2H3. The molecule has 1 aliphatic carbocycles. The van der Waals surface area contributed by atoms with Crippen LogP contribution in [0.25, 0.3) is 0 Å². The van der Waals surface area contributed by atoms with E-state index in [0.717, 1.165) is 12.3 Å². The van der Waals surface area contributed by atoms with E-state index in [9.17, 15) is 4.79 Å². The monoisotopic (exact) mass is 314 g/mol. The van der Waals surface area contributed by atoms with E-state index in [4.69, 9.17) is 4.74 Å². The Hall–Kier alpha value is -1.57. The van der Waals surface area contributed by atoms with Crippen LogP contribution < -0.4 is 4.74 Å². The van der Waals surface area contributed by atoms with E-state index in [0.29, 0.717) is 18.1 Å². The maximum Gasteiger partial charge on any atom is 0.311 e. The first-order valence-corrected chi connectivity index (χ1v) is 9.13. The molecule has 1 aromatic carbocycles. The van der Waals surface area contributed by atoms with Crippen molar-refractivity contribution in [2.75, 3.05) is 0 Å². The third-order valence-corrected chi connectivity index (χ3v) is 4.91. The number of carbonyl (C=O) groups is 1. The van der Waals surface area contributed by atoms with Crippen molar-refractivity contribution in [2.45, 2.75) is 65.2 Å². The van der Waals surface area contributed by atoms with Gasteiger partial charge in [0.15, 0.2) is 0 Å². The lowest BCUT2D eigenvalue weighted by Crippen LogP contribution is -2.13. The van der Waals surface area contributed by atoms with Crippen molar-refractivity contribution in [1.29, 1.82) is 0 Å². The molecule has 1 aliphatic rings. The lowest BCUT2D eigenvalue weighted by atomic mass is 9.81. The third-order valence-electron chi connectivity index (χ3n) is 4.91.